The third kappa shape index (κ3) is 6.10. The molecule has 0 aliphatic carbocycles. The van der Waals surface area contributed by atoms with Crippen LogP contribution in [0.25, 0.3) is 10.2 Å². The van der Waals surface area contributed by atoms with Gasteiger partial charge in [-0.05, 0) is 66.3 Å². The summed E-state index contributed by atoms with van der Waals surface area (Å²) >= 11 is 10.3. The maximum atomic E-state index is 12.0. The molecule has 4 aromatic rings. The van der Waals surface area contributed by atoms with Gasteiger partial charge in [0, 0.05) is 16.6 Å². The topological polar surface area (TPSA) is 63.2 Å². The van der Waals surface area contributed by atoms with Crippen molar-refractivity contribution in [3.63, 3.8) is 0 Å². The number of thiocarbonyl (C=S) groups is 1. The smallest absolute Gasteiger partial charge is 0.264 e. The van der Waals surface area contributed by atoms with E-state index in [1.165, 1.54) is 4.70 Å². The maximum Gasteiger partial charge on any atom is 0.264 e. The Kier molecular flexibility index (Phi) is 6.91. The van der Waals surface area contributed by atoms with Crippen LogP contribution in [-0.4, -0.2) is 22.6 Å². The van der Waals surface area contributed by atoms with Gasteiger partial charge in [0.1, 0.15) is 5.75 Å². The van der Waals surface area contributed by atoms with Crippen molar-refractivity contribution in [1.29, 1.82) is 0 Å². The molecule has 5 nitrogen and oxygen atoms in total. The lowest BCUT2D eigenvalue weighted by molar-refractivity contribution is -0.121. The molecule has 1 heterocycles. The Morgan fingerprint density at radius 3 is 2.52 bits per heavy atom. The normalized spacial score (nSPS) is 10.6. The van der Waals surface area contributed by atoms with Crippen molar-refractivity contribution in [2.45, 2.75) is 6.42 Å². The number of rotatable bonds is 6. The predicted molar refractivity (Wildman–Crippen MR) is 133 cm³/mol. The number of thiazole rings is 1. The predicted octanol–water partition coefficient (Wildman–Crippen LogP) is 5.54. The Hall–Kier alpha value is -2.81. The monoisotopic (exact) mass is 511 g/mol. The van der Waals surface area contributed by atoms with Gasteiger partial charge in [-0.15, -0.1) is 11.3 Å². The van der Waals surface area contributed by atoms with Gasteiger partial charge in [0.2, 0.25) is 0 Å². The number of hydrogen-bond acceptors (Lipinski definition) is 5. The number of para-hydroxylation sites is 1. The van der Waals surface area contributed by atoms with Gasteiger partial charge >= 0.3 is 0 Å². The van der Waals surface area contributed by atoms with Crippen LogP contribution >= 0.6 is 39.5 Å². The molecule has 0 radical (unpaired) electrons. The number of aromatic nitrogens is 1. The lowest BCUT2D eigenvalue weighted by Crippen LogP contribution is -2.37. The average Bonchev–Trinajstić information content (AvgIpc) is 3.17. The summed E-state index contributed by atoms with van der Waals surface area (Å²) in [4.78, 5) is 16.7. The third-order valence-electron chi connectivity index (χ3n) is 4.34. The van der Waals surface area contributed by atoms with E-state index < -0.39 is 0 Å². The SMILES string of the molecule is O=C(COc1ccc(Br)cc1)NC(=S)Nc1ccc(Cc2nc3ccccc3s2)cc1. The fraction of sp³-hybridized carbons (Fsp3) is 0.0870. The van der Waals surface area contributed by atoms with E-state index in [2.05, 4.69) is 37.6 Å². The standard InChI is InChI=1S/C23H18BrN3O2S2/c24-16-7-11-18(12-8-16)29-14-21(28)27-23(30)25-17-9-5-15(6-10-17)13-22-26-19-3-1-2-4-20(19)31-22/h1-12H,13-14H2,(H2,25,27,28,30). The van der Waals surface area contributed by atoms with Crippen LogP contribution in [0.4, 0.5) is 5.69 Å². The minimum atomic E-state index is -0.326. The largest absolute Gasteiger partial charge is 0.484 e. The number of anilines is 1. The number of fused-ring (bicyclic) bond motifs is 1. The maximum absolute atomic E-state index is 12.0. The Morgan fingerprint density at radius 2 is 1.77 bits per heavy atom. The van der Waals surface area contributed by atoms with Crippen molar-refractivity contribution in [3.05, 3.63) is 87.8 Å². The quantitative estimate of drug-likeness (QED) is 0.332. The van der Waals surface area contributed by atoms with Crippen LogP contribution in [0.15, 0.2) is 77.3 Å². The Labute approximate surface area is 197 Å². The molecule has 0 aliphatic heterocycles. The molecule has 0 aliphatic rings. The summed E-state index contributed by atoms with van der Waals surface area (Å²) in [6.07, 6.45) is 0.772. The molecule has 1 aromatic heterocycles. The lowest BCUT2D eigenvalue weighted by atomic mass is 10.1. The van der Waals surface area contributed by atoms with Crippen molar-refractivity contribution in [1.82, 2.24) is 10.3 Å². The number of nitrogens with one attached hydrogen (secondary N) is 2. The molecule has 0 bridgehead atoms. The van der Waals surface area contributed by atoms with Crippen LogP contribution in [0, 0.1) is 0 Å². The van der Waals surface area contributed by atoms with Crippen molar-refractivity contribution in [3.8, 4) is 5.75 Å². The van der Waals surface area contributed by atoms with Gasteiger partial charge in [0.15, 0.2) is 11.7 Å². The van der Waals surface area contributed by atoms with Crippen molar-refractivity contribution >= 4 is 66.4 Å². The highest BCUT2D eigenvalue weighted by atomic mass is 79.9. The highest BCUT2D eigenvalue weighted by molar-refractivity contribution is 9.10. The van der Waals surface area contributed by atoms with E-state index in [1.807, 2.05) is 54.6 Å². The van der Waals surface area contributed by atoms with E-state index >= 15 is 0 Å². The summed E-state index contributed by atoms with van der Waals surface area (Å²) in [6.45, 7) is -0.120. The summed E-state index contributed by atoms with van der Waals surface area (Å²) in [6, 6.07) is 23.3. The van der Waals surface area contributed by atoms with Crippen LogP contribution in [0.5, 0.6) is 5.75 Å². The van der Waals surface area contributed by atoms with Crippen LogP contribution in [0.3, 0.4) is 0 Å². The second-order valence-corrected chi connectivity index (χ2v) is 9.13. The molecule has 1 amide bonds. The third-order valence-corrected chi connectivity index (χ3v) is 6.11. The molecule has 0 saturated carbocycles. The summed E-state index contributed by atoms with van der Waals surface area (Å²) in [5.41, 5.74) is 2.99. The first-order valence-corrected chi connectivity index (χ1v) is 11.5. The average molecular weight is 512 g/mol. The van der Waals surface area contributed by atoms with Gasteiger partial charge in [-0.3, -0.25) is 10.1 Å². The molecule has 8 heteroatoms. The van der Waals surface area contributed by atoms with Gasteiger partial charge in [-0.1, -0.05) is 40.2 Å². The second-order valence-electron chi connectivity index (χ2n) is 6.69. The van der Waals surface area contributed by atoms with E-state index in [-0.39, 0.29) is 17.6 Å². The summed E-state index contributed by atoms with van der Waals surface area (Å²) in [5, 5.41) is 6.94. The number of ether oxygens (including phenoxy) is 1. The van der Waals surface area contributed by atoms with E-state index in [4.69, 9.17) is 17.0 Å². The number of nitrogens with zero attached hydrogens (tertiary/aromatic N) is 1. The van der Waals surface area contributed by atoms with E-state index in [0.29, 0.717) is 5.75 Å². The van der Waals surface area contributed by atoms with Gasteiger partial charge in [0.25, 0.3) is 5.91 Å². The molecular weight excluding hydrogens is 494 g/mol. The van der Waals surface area contributed by atoms with Gasteiger partial charge in [-0.2, -0.15) is 0 Å². The molecule has 0 saturated heterocycles. The molecule has 0 spiro atoms. The van der Waals surface area contributed by atoms with E-state index in [9.17, 15) is 4.79 Å². The zero-order valence-electron chi connectivity index (χ0n) is 16.3. The van der Waals surface area contributed by atoms with Crippen LogP contribution in [-0.2, 0) is 11.2 Å². The molecule has 0 unspecified atom stereocenters. The Balaban J connectivity index is 1.26. The van der Waals surface area contributed by atoms with E-state index in [1.54, 1.807) is 23.5 Å². The van der Waals surface area contributed by atoms with Crippen molar-refractivity contribution in [2.75, 3.05) is 11.9 Å². The fourth-order valence-corrected chi connectivity index (χ4v) is 4.38. The molecule has 31 heavy (non-hydrogen) atoms. The Bertz CT molecular complexity index is 1170. The first kappa shape index (κ1) is 21.4. The molecule has 3 aromatic carbocycles. The lowest BCUT2D eigenvalue weighted by Gasteiger charge is -2.11. The fourth-order valence-electron chi connectivity index (χ4n) is 2.88. The highest BCUT2D eigenvalue weighted by Crippen LogP contribution is 2.24. The van der Waals surface area contributed by atoms with Gasteiger partial charge in [-0.25, -0.2) is 4.98 Å². The molecule has 0 fully saturated rings. The van der Waals surface area contributed by atoms with Gasteiger partial charge < -0.3 is 10.1 Å². The number of carbonyl (C=O) groups is 1. The molecule has 2 N–H and O–H groups in total. The zero-order valence-corrected chi connectivity index (χ0v) is 19.5. The van der Waals surface area contributed by atoms with E-state index in [0.717, 1.165) is 32.7 Å². The number of hydrogen-bond donors (Lipinski definition) is 2. The molecular formula is C23H18BrN3O2S2. The van der Waals surface area contributed by atoms with Crippen LogP contribution in [0.1, 0.15) is 10.6 Å². The highest BCUT2D eigenvalue weighted by Gasteiger charge is 2.08. The summed E-state index contributed by atoms with van der Waals surface area (Å²) in [7, 11) is 0. The summed E-state index contributed by atoms with van der Waals surface area (Å²) < 4.78 is 7.58. The first-order valence-electron chi connectivity index (χ1n) is 9.48. The summed E-state index contributed by atoms with van der Waals surface area (Å²) in [5.74, 6) is 0.286. The van der Waals surface area contributed by atoms with Gasteiger partial charge in [0.05, 0.1) is 15.2 Å². The molecule has 0 atom stereocenters. The van der Waals surface area contributed by atoms with Crippen LogP contribution in [0.2, 0.25) is 0 Å². The molecule has 4 rings (SSSR count). The number of benzene rings is 3. The second kappa shape index (κ2) is 10.00. The first-order chi connectivity index (χ1) is 15.0. The van der Waals surface area contributed by atoms with Crippen LogP contribution < -0.4 is 15.4 Å². The number of amides is 1. The minimum Gasteiger partial charge on any atom is -0.484 e. The Morgan fingerprint density at radius 1 is 1.03 bits per heavy atom. The van der Waals surface area contributed by atoms with Crippen molar-refractivity contribution < 1.29 is 9.53 Å². The van der Waals surface area contributed by atoms with Crippen molar-refractivity contribution in [2.24, 2.45) is 0 Å². The zero-order chi connectivity index (χ0) is 21.6. The number of halogens is 1. The number of carbonyl (C=O) groups excluding carboxylic acids is 1. The minimum absolute atomic E-state index is 0.120. The molecule has 156 valence electrons.